The lowest BCUT2D eigenvalue weighted by atomic mass is 9.92. The second kappa shape index (κ2) is 8.07. The van der Waals surface area contributed by atoms with E-state index < -0.39 is 0 Å². The maximum Gasteiger partial charge on any atom is 0.0453 e. The minimum absolute atomic E-state index is 0.461. The Morgan fingerprint density at radius 3 is 2.70 bits per heavy atom. The molecule has 3 heteroatoms. The Morgan fingerprint density at radius 1 is 1.20 bits per heavy atom. The quantitative estimate of drug-likeness (QED) is 0.693. The summed E-state index contributed by atoms with van der Waals surface area (Å²) in [7, 11) is 0. The van der Waals surface area contributed by atoms with E-state index in [4.69, 9.17) is 23.2 Å². The number of hydrogen-bond donors (Lipinski definition) is 1. The number of hydrogen-bond acceptors (Lipinski definition) is 1. The van der Waals surface area contributed by atoms with Gasteiger partial charge in [-0.15, -0.1) is 0 Å². The van der Waals surface area contributed by atoms with Crippen molar-refractivity contribution in [2.24, 2.45) is 0 Å². The van der Waals surface area contributed by atoms with Crippen LogP contribution in [0, 0.1) is 0 Å². The molecule has 0 saturated carbocycles. The number of nitrogens with one attached hydrogen (secondary N) is 1. The Labute approximate surface area is 132 Å². The minimum Gasteiger partial charge on any atom is -0.314 e. The van der Waals surface area contributed by atoms with Crippen LogP contribution >= 0.6 is 23.2 Å². The molecule has 0 heterocycles. The zero-order valence-corrected chi connectivity index (χ0v) is 13.6. The van der Waals surface area contributed by atoms with Crippen molar-refractivity contribution >= 4 is 23.2 Å². The summed E-state index contributed by atoms with van der Waals surface area (Å²) in [4.78, 5) is 0. The van der Waals surface area contributed by atoms with Crippen LogP contribution in [0.25, 0.3) is 0 Å². The Balaban J connectivity index is 2.02. The lowest BCUT2D eigenvalue weighted by molar-refractivity contribution is 0.504. The maximum atomic E-state index is 6.29. The van der Waals surface area contributed by atoms with Crippen LogP contribution in [-0.2, 0) is 6.42 Å². The van der Waals surface area contributed by atoms with Crippen LogP contribution in [-0.4, -0.2) is 12.6 Å². The standard InChI is InChI=1S/C17H23Cl2N/c1-2-20-16(10-13-6-4-3-5-7-13)11-14-8-9-15(18)12-17(14)19/h6,8-9,12,16,20H,2-5,7,10-11H2,1H3. The molecule has 0 saturated heterocycles. The third kappa shape index (κ3) is 4.80. The first-order valence-corrected chi connectivity index (χ1v) is 8.30. The highest BCUT2D eigenvalue weighted by Gasteiger charge is 2.14. The van der Waals surface area contributed by atoms with Gasteiger partial charge in [0.1, 0.15) is 0 Å². The second-order valence-electron chi connectivity index (χ2n) is 5.51. The monoisotopic (exact) mass is 311 g/mol. The summed E-state index contributed by atoms with van der Waals surface area (Å²) in [6.45, 7) is 3.15. The first-order valence-electron chi connectivity index (χ1n) is 7.54. The molecule has 1 unspecified atom stereocenters. The van der Waals surface area contributed by atoms with Gasteiger partial charge in [-0.2, -0.15) is 0 Å². The van der Waals surface area contributed by atoms with Crippen molar-refractivity contribution in [3.05, 3.63) is 45.5 Å². The first kappa shape index (κ1) is 15.9. The van der Waals surface area contributed by atoms with Crippen molar-refractivity contribution in [1.82, 2.24) is 5.32 Å². The van der Waals surface area contributed by atoms with Crippen LogP contribution in [0.3, 0.4) is 0 Å². The zero-order valence-electron chi connectivity index (χ0n) is 12.1. The van der Waals surface area contributed by atoms with Crippen LogP contribution in [0.1, 0.15) is 44.6 Å². The predicted molar refractivity (Wildman–Crippen MR) is 88.8 cm³/mol. The fourth-order valence-electron chi connectivity index (χ4n) is 2.86. The van der Waals surface area contributed by atoms with Gasteiger partial charge in [0.25, 0.3) is 0 Å². The molecule has 0 aliphatic heterocycles. The zero-order chi connectivity index (χ0) is 14.4. The Morgan fingerprint density at radius 2 is 2.05 bits per heavy atom. The number of likely N-dealkylation sites (N-methyl/N-ethyl adjacent to an activating group) is 1. The first-order chi connectivity index (χ1) is 9.69. The van der Waals surface area contributed by atoms with Crippen LogP contribution < -0.4 is 5.32 Å². The molecule has 110 valence electrons. The molecule has 0 fully saturated rings. The van der Waals surface area contributed by atoms with Gasteiger partial charge in [-0.3, -0.25) is 0 Å². The summed E-state index contributed by atoms with van der Waals surface area (Å²) in [5.41, 5.74) is 2.78. The van der Waals surface area contributed by atoms with E-state index in [2.05, 4.69) is 18.3 Å². The van der Waals surface area contributed by atoms with E-state index in [1.54, 1.807) is 5.57 Å². The normalized spacial score (nSPS) is 16.9. The highest BCUT2D eigenvalue weighted by Crippen LogP contribution is 2.26. The number of allylic oxidation sites excluding steroid dienone is 1. The second-order valence-corrected chi connectivity index (χ2v) is 6.35. The fraction of sp³-hybridized carbons (Fsp3) is 0.529. The topological polar surface area (TPSA) is 12.0 Å². The molecule has 20 heavy (non-hydrogen) atoms. The maximum absolute atomic E-state index is 6.29. The third-order valence-electron chi connectivity index (χ3n) is 3.87. The molecular formula is C17H23Cl2N. The molecule has 0 spiro atoms. The molecule has 0 amide bonds. The largest absolute Gasteiger partial charge is 0.314 e. The van der Waals surface area contributed by atoms with Gasteiger partial charge in [-0.05, 0) is 62.8 Å². The van der Waals surface area contributed by atoms with Crippen molar-refractivity contribution in [3.8, 4) is 0 Å². The highest BCUT2D eigenvalue weighted by atomic mass is 35.5. The van der Waals surface area contributed by atoms with Gasteiger partial charge in [-0.25, -0.2) is 0 Å². The van der Waals surface area contributed by atoms with E-state index in [0.29, 0.717) is 11.1 Å². The molecule has 1 atom stereocenters. The molecule has 0 bridgehead atoms. The van der Waals surface area contributed by atoms with Crippen LogP contribution in [0.2, 0.25) is 10.0 Å². The third-order valence-corrected chi connectivity index (χ3v) is 4.45. The van der Waals surface area contributed by atoms with Gasteiger partial charge < -0.3 is 5.32 Å². The Bertz CT molecular complexity index is 468. The average molecular weight is 312 g/mol. The van der Waals surface area contributed by atoms with E-state index in [1.807, 2.05) is 18.2 Å². The van der Waals surface area contributed by atoms with E-state index in [-0.39, 0.29) is 0 Å². The van der Waals surface area contributed by atoms with Gasteiger partial charge in [0, 0.05) is 16.1 Å². The molecule has 0 radical (unpaired) electrons. The summed E-state index contributed by atoms with van der Waals surface area (Å²) in [5, 5.41) is 5.07. The molecule has 0 aromatic heterocycles. The average Bonchev–Trinajstić information content (AvgIpc) is 2.43. The van der Waals surface area contributed by atoms with Crippen molar-refractivity contribution in [2.45, 2.75) is 51.5 Å². The SMILES string of the molecule is CCNC(CC1=CCCCC1)Cc1ccc(Cl)cc1Cl. The Hall–Kier alpha value is -0.500. The Kier molecular flexibility index (Phi) is 6.41. The van der Waals surface area contributed by atoms with E-state index in [9.17, 15) is 0 Å². The van der Waals surface area contributed by atoms with Crippen LogP contribution in [0.4, 0.5) is 0 Å². The summed E-state index contributed by atoms with van der Waals surface area (Å²) < 4.78 is 0. The molecule has 2 rings (SSSR count). The van der Waals surface area contributed by atoms with E-state index >= 15 is 0 Å². The van der Waals surface area contributed by atoms with Gasteiger partial charge >= 0.3 is 0 Å². The summed E-state index contributed by atoms with van der Waals surface area (Å²) >= 11 is 12.3. The molecule has 1 nitrogen and oxygen atoms in total. The van der Waals surface area contributed by atoms with Crippen molar-refractivity contribution < 1.29 is 0 Å². The smallest absolute Gasteiger partial charge is 0.0453 e. The lowest BCUT2D eigenvalue weighted by Crippen LogP contribution is -2.31. The minimum atomic E-state index is 0.461. The molecule has 1 aliphatic carbocycles. The van der Waals surface area contributed by atoms with E-state index in [1.165, 1.54) is 31.2 Å². The highest BCUT2D eigenvalue weighted by molar-refractivity contribution is 6.35. The lowest BCUT2D eigenvalue weighted by Gasteiger charge is -2.22. The molecule has 1 aromatic rings. The van der Waals surface area contributed by atoms with Gasteiger partial charge in [0.05, 0.1) is 0 Å². The summed E-state index contributed by atoms with van der Waals surface area (Å²) in [6, 6.07) is 6.26. The summed E-state index contributed by atoms with van der Waals surface area (Å²) in [6.07, 6.45) is 9.71. The molecule has 1 aliphatic rings. The van der Waals surface area contributed by atoms with Crippen molar-refractivity contribution in [2.75, 3.05) is 6.54 Å². The predicted octanol–water partition coefficient (Wildman–Crippen LogP) is 5.40. The number of benzene rings is 1. The molecule has 1 aromatic carbocycles. The van der Waals surface area contributed by atoms with Gasteiger partial charge in [0.15, 0.2) is 0 Å². The van der Waals surface area contributed by atoms with Crippen LogP contribution in [0.5, 0.6) is 0 Å². The molecule has 1 N–H and O–H groups in total. The number of halogens is 2. The van der Waals surface area contributed by atoms with Gasteiger partial charge in [0.2, 0.25) is 0 Å². The van der Waals surface area contributed by atoms with Crippen molar-refractivity contribution in [3.63, 3.8) is 0 Å². The fourth-order valence-corrected chi connectivity index (χ4v) is 3.35. The van der Waals surface area contributed by atoms with Gasteiger partial charge in [-0.1, -0.05) is 47.8 Å². The summed E-state index contributed by atoms with van der Waals surface area (Å²) in [5.74, 6) is 0. The van der Waals surface area contributed by atoms with Crippen LogP contribution in [0.15, 0.2) is 29.8 Å². The van der Waals surface area contributed by atoms with E-state index in [0.717, 1.165) is 24.4 Å². The van der Waals surface area contributed by atoms with Crippen molar-refractivity contribution in [1.29, 1.82) is 0 Å². The molecular weight excluding hydrogens is 289 g/mol. The number of rotatable bonds is 6.